The van der Waals surface area contributed by atoms with E-state index in [1.54, 1.807) is 24.6 Å². The highest BCUT2D eigenvalue weighted by atomic mass is 19.4. The van der Waals surface area contributed by atoms with E-state index < -0.39 is 119 Å². The molecule has 9 aliphatic rings. The Bertz CT molecular complexity index is 3900. The van der Waals surface area contributed by atoms with Crippen molar-refractivity contribution in [2.45, 2.75) is 244 Å². The van der Waals surface area contributed by atoms with Gasteiger partial charge < -0.3 is 4.98 Å². The Morgan fingerprint density at radius 2 is 1.16 bits per heavy atom. The van der Waals surface area contributed by atoms with Gasteiger partial charge in [-0.25, -0.2) is 22.0 Å². The minimum absolute atomic E-state index is 0.000741. The zero-order chi connectivity index (χ0) is 71.0. The number of halogens is 19. The molecule has 0 bridgehead atoms. The Balaban J connectivity index is 0.000000126. The molecule has 5 heterocycles. The number of benzene rings is 1. The first kappa shape index (κ1) is 72.0. The number of aromatic nitrogens is 9. The van der Waals surface area contributed by atoms with Crippen LogP contribution < -0.4 is 0 Å². The van der Waals surface area contributed by atoms with Crippen molar-refractivity contribution in [3.8, 4) is 6.07 Å². The molecule has 15 rings (SSSR count). The van der Waals surface area contributed by atoms with Gasteiger partial charge in [0, 0.05) is 102 Å². The molecule has 6 atom stereocenters. The SMILES string of the molecule is CC(C)C1=CCc2ccc(F)cc21.CC(C)n1nc(C(C)(F)F)c2c1C(F)(F)C1CC21.CC(C)n1nc(C(F)(F)F)c2c1C1CC1CC2.CC(C)n1nc(C(F)(F)F)c2c1CCCC2.CC(C)n1nc(C(F)F)c2c1C(F)(F)CCC2(F)F.N#Cc1c[nH]c2c1C1CC1C2(F)F. The Morgan fingerprint density at radius 3 is 1.72 bits per heavy atom. The molecular weight excluding hydrogens is 1310 g/mol. The van der Waals surface area contributed by atoms with Crippen LogP contribution in [0.15, 0.2) is 30.5 Å². The number of allylic oxidation sites excluding steroid dienone is 2. The van der Waals surface area contributed by atoms with Gasteiger partial charge >= 0.3 is 12.4 Å². The van der Waals surface area contributed by atoms with Gasteiger partial charge in [-0.1, -0.05) is 26.0 Å². The summed E-state index contributed by atoms with van der Waals surface area (Å²) < 4.78 is 257. The van der Waals surface area contributed by atoms with Crippen molar-refractivity contribution in [1.82, 2.24) is 44.1 Å². The van der Waals surface area contributed by atoms with Crippen LogP contribution in [0.25, 0.3) is 5.57 Å². The highest BCUT2D eigenvalue weighted by Crippen LogP contribution is 2.69. The maximum atomic E-state index is 14.1. The average Bonchev–Trinajstić information content (AvgIpc) is 1.52. The lowest BCUT2D eigenvalue weighted by Gasteiger charge is -2.30. The van der Waals surface area contributed by atoms with E-state index in [4.69, 9.17) is 5.26 Å². The van der Waals surface area contributed by atoms with Crippen molar-refractivity contribution in [2.24, 2.45) is 23.7 Å². The maximum Gasteiger partial charge on any atom is 0.435 e. The molecule has 10 nitrogen and oxygen atoms in total. The monoisotopic (exact) mass is 1380 g/mol. The van der Waals surface area contributed by atoms with E-state index in [9.17, 15) is 83.4 Å². The molecule has 526 valence electrons. The van der Waals surface area contributed by atoms with E-state index >= 15 is 0 Å². The van der Waals surface area contributed by atoms with E-state index in [0.29, 0.717) is 77.3 Å². The Morgan fingerprint density at radius 1 is 0.615 bits per heavy atom. The summed E-state index contributed by atoms with van der Waals surface area (Å²) in [5, 5.41) is 23.3. The molecule has 96 heavy (non-hydrogen) atoms. The fourth-order valence-electron chi connectivity index (χ4n) is 14.6. The third-order valence-corrected chi connectivity index (χ3v) is 19.3. The number of nitriles is 1. The predicted octanol–water partition coefficient (Wildman–Crippen LogP) is 20.6. The zero-order valence-electron chi connectivity index (χ0n) is 54.5. The fraction of sp³-hybridized carbons (Fsp3) is 0.627. The molecule has 0 saturated heterocycles. The van der Waals surface area contributed by atoms with Gasteiger partial charge in [0.1, 0.15) is 34.7 Å². The molecule has 0 radical (unpaired) electrons. The number of nitrogens with zero attached hydrogens (tertiary/aromatic N) is 9. The van der Waals surface area contributed by atoms with Crippen LogP contribution >= 0.6 is 0 Å². The second-order valence-corrected chi connectivity index (χ2v) is 27.9. The summed E-state index contributed by atoms with van der Waals surface area (Å²) in [6, 6.07) is 5.94. The Hall–Kier alpha value is -6.76. The lowest BCUT2D eigenvalue weighted by atomic mass is 9.89. The largest absolute Gasteiger partial charge is 0.435 e. The predicted molar refractivity (Wildman–Crippen MR) is 316 cm³/mol. The van der Waals surface area contributed by atoms with Crippen LogP contribution in [0.2, 0.25) is 0 Å². The number of hydrogen-bond donors (Lipinski definition) is 1. The number of nitrogens with one attached hydrogen (secondary N) is 1. The summed E-state index contributed by atoms with van der Waals surface area (Å²) in [5.74, 6) is -16.7. The molecule has 29 heteroatoms. The molecule has 5 aromatic heterocycles. The maximum absolute atomic E-state index is 14.1. The number of rotatable bonds is 7. The first-order valence-electron chi connectivity index (χ1n) is 32.3. The highest BCUT2D eigenvalue weighted by molar-refractivity contribution is 5.74. The van der Waals surface area contributed by atoms with E-state index in [0.717, 1.165) is 60.2 Å². The number of aromatic amines is 1. The molecule has 1 aromatic carbocycles. The van der Waals surface area contributed by atoms with Crippen molar-refractivity contribution in [3.05, 3.63) is 132 Å². The average molecular weight is 1380 g/mol. The van der Waals surface area contributed by atoms with Crippen molar-refractivity contribution in [1.29, 1.82) is 5.26 Å². The van der Waals surface area contributed by atoms with Gasteiger partial charge in [0.15, 0.2) is 11.4 Å². The molecule has 0 aliphatic heterocycles. The quantitative estimate of drug-likeness (QED) is 0.160. The van der Waals surface area contributed by atoms with E-state index in [2.05, 4.69) is 45.3 Å². The Kier molecular flexibility index (Phi) is 18.9. The van der Waals surface area contributed by atoms with E-state index in [1.165, 1.54) is 41.9 Å². The topological polar surface area (TPSA) is 111 Å². The number of hydrogen-bond acceptors (Lipinski definition) is 5. The van der Waals surface area contributed by atoms with Crippen molar-refractivity contribution < 1.29 is 83.4 Å². The van der Waals surface area contributed by atoms with Crippen LogP contribution in [0.1, 0.15) is 272 Å². The minimum Gasteiger partial charge on any atom is -0.359 e. The van der Waals surface area contributed by atoms with Gasteiger partial charge in [-0.2, -0.15) is 87.1 Å². The standard InChI is InChI=1S/C12H14F4N2.C12H15F3N2.C12H13F.C11H12F6N2.C11H15F3N2.C9H6F2N2/c1-5(2)18-10-8(9(17-18)11(3,13)14)6-4-7(6)12(10,15)16;1-6(2)17-10-8(4-3-7-5-9(7)10)11(16-17)12(13,14)15;1-8(2)11-6-4-9-3-5-10(13)7-12(9)11;1-5(2)19-8-6(7(18-19)9(12)13)10(14,15)3-4-11(8,16)17;1-7(2)16-9-6-4-3-5-8(9)10(15-16)11(12,13)14;10-9(11)6-1-5(6)7-4(2-12)3-13-8(7)9/h5-7H,4H2,1-3H3;6-7,9H,3-5H2,1-2H3;3,5-8H,4H2,1-2H3;5,9H,3-4H2,1-2H3;7H,3-6H2,1-2H3;3,5-6,13H,1H2. The lowest BCUT2D eigenvalue weighted by molar-refractivity contribution is -0.143. The zero-order valence-corrected chi connectivity index (χ0v) is 54.5. The molecule has 6 aromatic rings. The van der Waals surface area contributed by atoms with Crippen molar-refractivity contribution in [2.75, 3.05) is 0 Å². The number of H-pyrrole nitrogens is 1. The van der Waals surface area contributed by atoms with Crippen LogP contribution in [0.3, 0.4) is 0 Å². The van der Waals surface area contributed by atoms with Gasteiger partial charge in [0.25, 0.3) is 36.0 Å². The molecule has 3 fully saturated rings. The van der Waals surface area contributed by atoms with E-state index in [1.807, 2.05) is 39.8 Å². The second kappa shape index (κ2) is 25.2. The first-order valence-corrected chi connectivity index (χ1v) is 32.3. The Labute approximate surface area is 542 Å². The van der Waals surface area contributed by atoms with Gasteiger partial charge in [-0.05, 0) is 172 Å². The molecule has 0 amide bonds. The molecule has 9 aliphatic carbocycles. The third-order valence-electron chi connectivity index (χ3n) is 19.3. The first-order chi connectivity index (χ1) is 44.4. The van der Waals surface area contributed by atoms with Gasteiger partial charge in [-0.3, -0.25) is 18.7 Å². The molecule has 6 unspecified atom stereocenters. The minimum atomic E-state index is -4.32. The van der Waals surface area contributed by atoms with Crippen molar-refractivity contribution >= 4 is 5.57 Å². The molecule has 1 N–H and O–H groups in total. The smallest absolute Gasteiger partial charge is 0.359 e. The second-order valence-electron chi connectivity index (χ2n) is 27.9. The molecular formula is C67H75F19N10. The van der Waals surface area contributed by atoms with Crippen LogP contribution in [0.4, 0.5) is 83.4 Å². The summed E-state index contributed by atoms with van der Waals surface area (Å²) >= 11 is 0. The van der Waals surface area contributed by atoms with E-state index in [-0.39, 0.29) is 46.8 Å². The van der Waals surface area contributed by atoms with Crippen LogP contribution in [-0.2, 0) is 67.6 Å². The van der Waals surface area contributed by atoms with Crippen LogP contribution in [0, 0.1) is 40.8 Å². The summed E-state index contributed by atoms with van der Waals surface area (Å²) in [6.45, 7) is 18.7. The summed E-state index contributed by atoms with van der Waals surface area (Å²) in [4.78, 5) is 2.52. The molecule has 0 spiro atoms. The van der Waals surface area contributed by atoms with Crippen molar-refractivity contribution in [3.63, 3.8) is 0 Å². The number of alkyl halides is 18. The van der Waals surface area contributed by atoms with Crippen LogP contribution in [-0.4, -0.2) is 44.1 Å². The summed E-state index contributed by atoms with van der Waals surface area (Å²) in [7, 11) is 0. The highest BCUT2D eigenvalue weighted by Gasteiger charge is 2.68. The van der Waals surface area contributed by atoms with Gasteiger partial charge in [0.05, 0.1) is 16.8 Å². The lowest BCUT2D eigenvalue weighted by Crippen LogP contribution is -2.33. The summed E-state index contributed by atoms with van der Waals surface area (Å²) in [5.41, 5.74) is 1.54. The fourth-order valence-corrected chi connectivity index (χ4v) is 14.6. The molecule has 3 saturated carbocycles. The van der Waals surface area contributed by atoms with Gasteiger partial charge in [0.2, 0.25) is 0 Å². The number of fused-ring (bicyclic) bond motifs is 12. The van der Waals surface area contributed by atoms with Crippen LogP contribution in [0.5, 0.6) is 0 Å². The van der Waals surface area contributed by atoms with Gasteiger partial charge in [-0.15, -0.1) is 0 Å². The summed E-state index contributed by atoms with van der Waals surface area (Å²) in [6.07, 6.45) is -3.29. The third kappa shape index (κ3) is 13.3. The normalized spacial score (nSPS) is 23.3.